The molecular formula is C17H22NO+. The zero-order valence-electron chi connectivity index (χ0n) is 11.3. The molecule has 1 atom stereocenters. The van der Waals surface area contributed by atoms with Crippen molar-refractivity contribution in [2.24, 2.45) is 0 Å². The predicted octanol–water partition coefficient (Wildman–Crippen LogP) is 1.31. The highest BCUT2D eigenvalue weighted by Crippen LogP contribution is 1.98. The smallest absolute Gasteiger partial charge is 0.103 e. The first-order valence-corrected chi connectivity index (χ1v) is 6.91. The van der Waals surface area contributed by atoms with Gasteiger partial charge in [0.1, 0.15) is 13.1 Å². The van der Waals surface area contributed by atoms with Gasteiger partial charge in [-0.15, -0.1) is 0 Å². The van der Waals surface area contributed by atoms with Crippen LogP contribution in [0.3, 0.4) is 0 Å². The molecule has 2 rings (SSSR count). The van der Waals surface area contributed by atoms with Gasteiger partial charge in [0.2, 0.25) is 0 Å². The van der Waals surface area contributed by atoms with Crippen LogP contribution in [0.25, 0.3) is 0 Å². The van der Waals surface area contributed by atoms with Gasteiger partial charge in [0.25, 0.3) is 0 Å². The van der Waals surface area contributed by atoms with Gasteiger partial charge in [0.05, 0.1) is 13.2 Å². The van der Waals surface area contributed by atoms with Crippen LogP contribution in [0.15, 0.2) is 60.7 Å². The molecule has 19 heavy (non-hydrogen) atoms. The number of quaternary nitrogens is 1. The monoisotopic (exact) mass is 256 g/mol. The van der Waals surface area contributed by atoms with E-state index in [2.05, 4.69) is 48.5 Å². The summed E-state index contributed by atoms with van der Waals surface area (Å²) in [5, 5.41) is 9.19. The summed E-state index contributed by atoms with van der Waals surface area (Å²) in [5.74, 6) is 0. The van der Waals surface area contributed by atoms with E-state index in [1.807, 2.05) is 12.1 Å². The quantitative estimate of drug-likeness (QED) is 0.767. The van der Waals surface area contributed by atoms with Crippen LogP contribution in [-0.4, -0.2) is 24.8 Å². The lowest BCUT2D eigenvalue weighted by atomic mass is 10.1. The molecule has 0 amide bonds. The van der Waals surface area contributed by atoms with Crippen LogP contribution in [0.5, 0.6) is 0 Å². The summed E-state index contributed by atoms with van der Waals surface area (Å²) in [6.45, 7) is 3.09. The van der Waals surface area contributed by atoms with Gasteiger partial charge in [0.15, 0.2) is 0 Å². The molecule has 0 heterocycles. The molecule has 2 heteroatoms. The fraction of sp³-hybridized carbons (Fsp3) is 0.294. The zero-order chi connectivity index (χ0) is 13.3. The molecule has 2 N–H and O–H groups in total. The number of rotatable bonds is 7. The molecule has 2 nitrogen and oxygen atoms in total. The molecular weight excluding hydrogens is 234 g/mol. The summed E-state index contributed by atoms with van der Waals surface area (Å²) in [6.07, 6.45) is 1.06. The van der Waals surface area contributed by atoms with Crippen molar-refractivity contribution in [3.8, 4) is 0 Å². The fourth-order valence-electron chi connectivity index (χ4n) is 2.31. The normalized spacial score (nSPS) is 12.3. The number of hydrogen-bond acceptors (Lipinski definition) is 1. The van der Waals surface area contributed by atoms with Crippen molar-refractivity contribution < 1.29 is 10.0 Å². The van der Waals surface area contributed by atoms with Gasteiger partial charge in [-0.2, -0.15) is 0 Å². The molecule has 0 aliphatic carbocycles. The molecule has 0 radical (unpaired) electrons. The number of benzene rings is 2. The van der Waals surface area contributed by atoms with Crippen molar-refractivity contribution in [3.05, 3.63) is 71.8 Å². The molecule has 0 bridgehead atoms. The van der Waals surface area contributed by atoms with Gasteiger partial charge < -0.3 is 10.0 Å². The number of hydrogen-bond donors (Lipinski definition) is 2. The molecule has 0 aliphatic rings. The third-order valence-corrected chi connectivity index (χ3v) is 3.37. The van der Waals surface area contributed by atoms with E-state index in [0.29, 0.717) is 0 Å². The lowest BCUT2D eigenvalue weighted by Crippen LogP contribution is -3.11. The fourth-order valence-corrected chi connectivity index (χ4v) is 2.31. The Morgan fingerprint density at radius 2 is 1.32 bits per heavy atom. The van der Waals surface area contributed by atoms with Crippen LogP contribution in [0.4, 0.5) is 0 Å². The molecule has 0 aromatic heterocycles. The maximum absolute atomic E-state index is 9.19. The summed E-state index contributed by atoms with van der Waals surface area (Å²) in [4.78, 5) is 1.43. The van der Waals surface area contributed by atoms with Gasteiger partial charge in [-0.1, -0.05) is 60.7 Å². The van der Waals surface area contributed by atoms with Crippen molar-refractivity contribution >= 4 is 0 Å². The molecule has 0 saturated carbocycles. The molecule has 0 aliphatic heterocycles. The first kappa shape index (κ1) is 13.8. The molecule has 0 fully saturated rings. The Hall–Kier alpha value is -1.64. The van der Waals surface area contributed by atoms with Crippen LogP contribution >= 0.6 is 0 Å². The molecule has 100 valence electrons. The molecule has 1 unspecified atom stereocenters. The molecule has 2 aromatic rings. The maximum atomic E-state index is 9.19. The minimum absolute atomic E-state index is 0.247. The van der Waals surface area contributed by atoms with Crippen molar-refractivity contribution in [1.82, 2.24) is 0 Å². The van der Waals surface area contributed by atoms with E-state index >= 15 is 0 Å². The summed E-state index contributed by atoms with van der Waals surface area (Å²) < 4.78 is 0. The number of aliphatic hydroxyl groups is 1. The lowest BCUT2D eigenvalue weighted by molar-refractivity contribution is -0.914. The van der Waals surface area contributed by atoms with E-state index in [0.717, 1.165) is 26.1 Å². The Morgan fingerprint density at radius 1 is 0.737 bits per heavy atom. The summed E-state index contributed by atoms with van der Waals surface area (Å²) in [5.41, 5.74) is 2.70. The SMILES string of the molecule is OCC[NH+](CCc1ccccc1)Cc1ccccc1. The van der Waals surface area contributed by atoms with Crippen LogP contribution in [0, 0.1) is 0 Å². The third kappa shape index (κ3) is 4.86. The Labute approximate surface area is 115 Å². The minimum Gasteiger partial charge on any atom is -0.391 e. The van der Waals surface area contributed by atoms with Gasteiger partial charge >= 0.3 is 0 Å². The van der Waals surface area contributed by atoms with Gasteiger partial charge in [-0.05, 0) is 5.56 Å². The predicted molar refractivity (Wildman–Crippen MR) is 78.1 cm³/mol. The average Bonchev–Trinajstić information content (AvgIpc) is 2.47. The second-order valence-electron chi connectivity index (χ2n) is 4.87. The van der Waals surface area contributed by atoms with E-state index in [4.69, 9.17) is 0 Å². The Bertz CT molecular complexity index is 455. The highest BCUT2D eigenvalue weighted by atomic mass is 16.3. The molecule has 0 spiro atoms. The summed E-state index contributed by atoms with van der Waals surface area (Å²) in [7, 11) is 0. The first-order valence-electron chi connectivity index (χ1n) is 6.91. The van der Waals surface area contributed by atoms with E-state index < -0.39 is 0 Å². The maximum Gasteiger partial charge on any atom is 0.103 e. The van der Waals surface area contributed by atoms with Crippen molar-refractivity contribution in [2.45, 2.75) is 13.0 Å². The van der Waals surface area contributed by atoms with E-state index in [1.165, 1.54) is 16.0 Å². The van der Waals surface area contributed by atoms with Gasteiger partial charge in [-0.3, -0.25) is 0 Å². The lowest BCUT2D eigenvalue weighted by Gasteiger charge is -2.18. The minimum atomic E-state index is 0.247. The van der Waals surface area contributed by atoms with Gasteiger partial charge in [-0.25, -0.2) is 0 Å². The van der Waals surface area contributed by atoms with Crippen LogP contribution in [0.2, 0.25) is 0 Å². The van der Waals surface area contributed by atoms with Gasteiger partial charge in [0, 0.05) is 12.0 Å². The van der Waals surface area contributed by atoms with Crippen molar-refractivity contribution in [2.75, 3.05) is 19.7 Å². The highest BCUT2D eigenvalue weighted by Gasteiger charge is 2.08. The van der Waals surface area contributed by atoms with E-state index in [1.54, 1.807) is 0 Å². The topological polar surface area (TPSA) is 24.7 Å². The molecule has 0 saturated heterocycles. The standard InChI is InChI=1S/C17H21NO/c19-14-13-18(15-17-9-5-2-6-10-17)12-11-16-7-3-1-4-8-16/h1-10,19H,11-15H2/p+1. The second-order valence-corrected chi connectivity index (χ2v) is 4.87. The number of nitrogens with one attached hydrogen (secondary N) is 1. The van der Waals surface area contributed by atoms with Crippen LogP contribution in [-0.2, 0) is 13.0 Å². The zero-order valence-corrected chi connectivity index (χ0v) is 11.3. The molecule has 2 aromatic carbocycles. The summed E-state index contributed by atoms with van der Waals surface area (Å²) in [6, 6.07) is 21.0. The Kier molecular flexibility index (Phi) is 5.60. The third-order valence-electron chi connectivity index (χ3n) is 3.37. The second kappa shape index (κ2) is 7.72. The van der Waals surface area contributed by atoms with Crippen LogP contribution < -0.4 is 4.90 Å². The largest absolute Gasteiger partial charge is 0.391 e. The van der Waals surface area contributed by atoms with E-state index in [9.17, 15) is 5.11 Å². The average molecular weight is 256 g/mol. The summed E-state index contributed by atoms with van der Waals surface area (Å²) >= 11 is 0. The van der Waals surface area contributed by atoms with E-state index in [-0.39, 0.29) is 6.61 Å². The Morgan fingerprint density at radius 3 is 1.89 bits per heavy atom. The highest BCUT2D eigenvalue weighted by molar-refractivity contribution is 5.15. The van der Waals surface area contributed by atoms with Crippen molar-refractivity contribution in [3.63, 3.8) is 0 Å². The first-order chi connectivity index (χ1) is 9.38. The number of aliphatic hydroxyl groups excluding tert-OH is 1. The van der Waals surface area contributed by atoms with Crippen LogP contribution in [0.1, 0.15) is 11.1 Å². The van der Waals surface area contributed by atoms with Crippen molar-refractivity contribution in [1.29, 1.82) is 0 Å². The Balaban J connectivity index is 1.89.